The summed E-state index contributed by atoms with van der Waals surface area (Å²) in [4.78, 5) is 2.36. The van der Waals surface area contributed by atoms with Crippen molar-refractivity contribution < 1.29 is 0 Å². The molecule has 0 radical (unpaired) electrons. The SMILES string of the molecule is CC(C)CC(CN)N(C)Cc1ccccc1. The smallest absolute Gasteiger partial charge is 0.0234 e. The van der Waals surface area contributed by atoms with Crippen LogP contribution in [-0.2, 0) is 6.54 Å². The van der Waals surface area contributed by atoms with Gasteiger partial charge in [0.1, 0.15) is 0 Å². The van der Waals surface area contributed by atoms with Crippen LogP contribution in [0.25, 0.3) is 0 Å². The number of nitrogens with two attached hydrogens (primary N) is 1. The topological polar surface area (TPSA) is 29.3 Å². The van der Waals surface area contributed by atoms with Gasteiger partial charge in [0.05, 0.1) is 0 Å². The highest BCUT2D eigenvalue weighted by atomic mass is 15.1. The zero-order valence-electron chi connectivity index (χ0n) is 10.7. The zero-order chi connectivity index (χ0) is 12.0. The number of rotatable bonds is 6. The Kier molecular flexibility index (Phi) is 5.50. The summed E-state index contributed by atoms with van der Waals surface area (Å²) in [5.41, 5.74) is 7.19. The molecule has 90 valence electrons. The second-order valence-electron chi connectivity index (χ2n) is 4.92. The summed E-state index contributed by atoms with van der Waals surface area (Å²) in [5.74, 6) is 0.701. The van der Waals surface area contributed by atoms with Crippen molar-refractivity contribution in [2.45, 2.75) is 32.9 Å². The van der Waals surface area contributed by atoms with Crippen molar-refractivity contribution >= 4 is 0 Å². The largest absolute Gasteiger partial charge is 0.329 e. The van der Waals surface area contributed by atoms with Crippen LogP contribution in [0, 0.1) is 5.92 Å². The molecule has 0 spiro atoms. The first-order valence-electron chi connectivity index (χ1n) is 6.07. The van der Waals surface area contributed by atoms with Crippen molar-refractivity contribution in [2.24, 2.45) is 11.7 Å². The third kappa shape index (κ3) is 4.33. The van der Waals surface area contributed by atoms with Crippen LogP contribution in [-0.4, -0.2) is 24.5 Å². The number of hydrogen-bond donors (Lipinski definition) is 1. The van der Waals surface area contributed by atoms with Crippen molar-refractivity contribution in [3.8, 4) is 0 Å². The maximum atomic E-state index is 5.83. The molecule has 1 aromatic carbocycles. The Morgan fingerprint density at radius 1 is 1.19 bits per heavy atom. The highest BCUT2D eigenvalue weighted by molar-refractivity contribution is 5.14. The third-order valence-corrected chi connectivity index (χ3v) is 2.91. The zero-order valence-corrected chi connectivity index (χ0v) is 10.7. The van der Waals surface area contributed by atoms with Gasteiger partial charge in [0.2, 0.25) is 0 Å². The average Bonchev–Trinajstić information content (AvgIpc) is 2.26. The number of likely N-dealkylation sites (N-methyl/N-ethyl adjacent to an activating group) is 1. The van der Waals surface area contributed by atoms with Gasteiger partial charge >= 0.3 is 0 Å². The predicted molar refractivity (Wildman–Crippen MR) is 70.2 cm³/mol. The lowest BCUT2D eigenvalue weighted by Gasteiger charge is -2.28. The second kappa shape index (κ2) is 6.66. The van der Waals surface area contributed by atoms with E-state index in [9.17, 15) is 0 Å². The molecule has 0 aromatic heterocycles. The third-order valence-electron chi connectivity index (χ3n) is 2.91. The normalized spacial score (nSPS) is 13.4. The van der Waals surface area contributed by atoms with E-state index in [4.69, 9.17) is 5.73 Å². The van der Waals surface area contributed by atoms with Gasteiger partial charge in [-0.15, -0.1) is 0 Å². The molecule has 0 aliphatic carbocycles. The van der Waals surface area contributed by atoms with E-state index in [0.717, 1.165) is 13.1 Å². The molecule has 0 saturated carbocycles. The van der Waals surface area contributed by atoms with E-state index in [2.05, 4.69) is 56.1 Å². The summed E-state index contributed by atoms with van der Waals surface area (Å²) in [5, 5.41) is 0. The Bertz CT molecular complexity index is 282. The molecule has 0 amide bonds. The molecule has 16 heavy (non-hydrogen) atoms. The van der Waals surface area contributed by atoms with Gasteiger partial charge in [-0.2, -0.15) is 0 Å². The Hall–Kier alpha value is -0.860. The molecule has 1 unspecified atom stereocenters. The first-order valence-corrected chi connectivity index (χ1v) is 6.07. The highest BCUT2D eigenvalue weighted by Gasteiger charge is 2.14. The van der Waals surface area contributed by atoms with E-state index < -0.39 is 0 Å². The Morgan fingerprint density at radius 2 is 1.81 bits per heavy atom. The minimum absolute atomic E-state index is 0.486. The molecular weight excluding hydrogens is 196 g/mol. The number of benzene rings is 1. The fourth-order valence-electron chi connectivity index (χ4n) is 2.00. The van der Waals surface area contributed by atoms with Crippen LogP contribution in [0.15, 0.2) is 30.3 Å². The number of hydrogen-bond acceptors (Lipinski definition) is 2. The van der Waals surface area contributed by atoms with Gasteiger partial charge in [-0.1, -0.05) is 44.2 Å². The molecule has 2 heteroatoms. The lowest BCUT2D eigenvalue weighted by Crippen LogP contribution is -2.38. The molecular formula is C14H24N2. The van der Waals surface area contributed by atoms with E-state index >= 15 is 0 Å². The summed E-state index contributed by atoms with van der Waals surface area (Å²) in [6.07, 6.45) is 1.17. The summed E-state index contributed by atoms with van der Waals surface area (Å²) in [7, 11) is 2.16. The molecule has 1 aromatic rings. The lowest BCUT2D eigenvalue weighted by molar-refractivity contribution is 0.210. The highest BCUT2D eigenvalue weighted by Crippen LogP contribution is 2.12. The van der Waals surface area contributed by atoms with Crippen molar-refractivity contribution in [3.63, 3.8) is 0 Å². The molecule has 0 bridgehead atoms. The van der Waals surface area contributed by atoms with E-state index in [1.54, 1.807) is 0 Å². The van der Waals surface area contributed by atoms with E-state index in [-0.39, 0.29) is 0 Å². The fourth-order valence-corrected chi connectivity index (χ4v) is 2.00. The summed E-state index contributed by atoms with van der Waals surface area (Å²) >= 11 is 0. The van der Waals surface area contributed by atoms with Gasteiger partial charge in [0.15, 0.2) is 0 Å². The summed E-state index contributed by atoms with van der Waals surface area (Å²) in [6.45, 7) is 6.22. The molecule has 0 fully saturated rings. The molecule has 0 aliphatic heterocycles. The molecule has 2 nitrogen and oxygen atoms in total. The molecule has 0 saturated heterocycles. The first-order chi connectivity index (χ1) is 7.63. The minimum atomic E-state index is 0.486. The summed E-state index contributed by atoms with van der Waals surface area (Å²) < 4.78 is 0. The minimum Gasteiger partial charge on any atom is -0.329 e. The van der Waals surface area contributed by atoms with Crippen LogP contribution >= 0.6 is 0 Å². The van der Waals surface area contributed by atoms with Gasteiger partial charge in [-0.3, -0.25) is 4.90 Å². The standard InChI is InChI=1S/C14H24N2/c1-12(2)9-14(10-15)16(3)11-13-7-5-4-6-8-13/h4-8,12,14H,9-11,15H2,1-3H3. The van der Waals surface area contributed by atoms with E-state index in [1.165, 1.54) is 12.0 Å². The number of nitrogens with zero attached hydrogens (tertiary/aromatic N) is 1. The van der Waals surface area contributed by atoms with Crippen LogP contribution in [0.4, 0.5) is 0 Å². The van der Waals surface area contributed by atoms with E-state index in [1.807, 2.05) is 0 Å². The van der Waals surface area contributed by atoms with Gasteiger partial charge in [0, 0.05) is 19.1 Å². The van der Waals surface area contributed by atoms with Crippen LogP contribution in [0.3, 0.4) is 0 Å². The molecule has 1 rings (SSSR count). The molecule has 0 heterocycles. The maximum Gasteiger partial charge on any atom is 0.0234 e. The van der Waals surface area contributed by atoms with Crippen molar-refractivity contribution in [2.75, 3.05) is 13.6 Å². The Morgan fingerprint density at radius 3 is 2.31 bits per heavy atom. The Balaban J connectivity index is 2.52. The predicted octanol–water partition coefficient (Wildman–Crippen LogP) is 2.49. The van der Waals surface area contributed by atoms with Crippen molar-refractivity contribution in [1.29, 1.82) is 0 Å². The first kappa shape index (κ1) is 13.2. The van der Waals surface area contributed by atoms with Gasteiger partial charge < -0.3 is 5.73 Å². The average molecular weight is 220 g/mol. The van der Waals surface area contributed by atoms with Gasteiger partial charge in [0.25, 0.3) is 0 Å². The Labute approximate surface area is 99.5 Å². The lowest BCUT2D eigenvalue weighted by atomic mass is 10.0. The van der Waals surface area contributed by atoms with Crippen LogP contribution in [0.5, 0.6) is 0 Å². The fraction of sp³-hybridized carbons (Fsp3) is 0.571. The molecule has 2 N–H and O–H groups in total. The summed E-state index contributed by atoms with van der Waals surface area (Å²) in [6, 6.07) is 11.0. The van der Waals surface area contributed by atoms with Crippen LogP contribution in [0.2, 0.25) is 0 Å². The monoisotopic (exact) mass is 220 g/mol. The van der Waals surface area contributed by atoms with Crippen LogP contribution < -0.4 is 5.73 Å². The van der Waals surface area contributed by atoms with E-state index in [0.29, 0.717) is 12.0 Å². The van der Waals surface area contributed by atoms with Crippen molar-refractivity contribution in [3.05, 3.63) is 35.9 Å². The molecule has 0 aliphatic rings. The maximum absolute atomic E-state index is 5.83. The van der Waals surface area contributed by atoms with Gasteiger partial charge in [-0.25, -0.2) is 0 Å². The quantitative estimate of drug-likeness (QED) is 0.798. The van der Waals surface area contributed by atoms with Crippen LogP contribution in [0.1, 0.15) is 25.8 Å². The molecule has 1 atom stereocenters. The van der Waals surface area contributed by atoms with Crippen molar-refractivity contribution in [1.82, 2.24) is 4.90 Å². The van der Waals surface area contributed by atoms with Gasteiger partial charge in [-0.05, 0) is 24.9 Å². The second-order valence-corrected chi connectivity index (χ2v) is 4.92.